The molecule has 6 heteroatoms. The number of carbonyl (C=O) groups excluding carboxylic acids is 1. The molecule has 0 aromatic carbocycles. The van der Waals surface area contributed by atoms with Crippen LogP contribution in [0.4, 0.5) is 0 Å². The number of hydrogen-bond acceptors (Lipinski definition) is 3. The highest BCUT2D eigenvalue weighted by Crippen LogP contribution is 2.10. The summed E-state index contributed by atoms with van der Waals surface area (Å²) >= 11 is 0. The van der Waals surface area contributed by atoms with Gasteiger partial charge < -0.3 is 10.0 Å². The Kier molecular flexibility index (Phi) is 4.88. The number of aromatic nitrogens is 2. The molecule has 0 spiro atoms. The van der Waals surface area contributed by atoms with E-state index in [1.807, 2.05) is 20.8 Å². The summed E-state index contributed by atoms with van der Waals surface area (Å²) in [4.78, 5) is 24.4. The van der Waals surface area contributed by atoms with E-state index in [2.05, 4.69) is 5.10 Å². The Bertz CT molecular complexity index is 428. The van der Waals surface area contributed by atoms with Gasteiger partial charge in [-0.15, -0.1) is 0 Å². The van der Waals surface area contributed by atoms with Gasteiger partial charge in [-0.3, -0.25) is 14.3 Å². The van der Waals surface area contributed by atoms with Gasteiger partial charge in [-0.1, -0.05) is 6.92 Å². The summed E-state index contributed by atoms with van der Waals surface area (Å²) in [6.07, 6.45) is 3.82. The van der Waals surface area contributed by atoms with Gasteiger partial charge in [0.25, 0.3) is 5.91 Å². The van der Waals surface area contributed by atoms with E-state index in [0.29, 0.717) is 18.5 Å². The lowest BCUT2D eigenvalue weighted by atomic mass is 10.2. The van der Waals surface area contributed by atoms with Crippen molar-refractivity contribution in [3.8, 4) is 0 Å². The van der Waals surface area contributed by atoms with Gasteiger partial charge in [0.1, 0.15) is 6.54 Å². The fraction of sp³-hybridized carbons (Fsp3) is 0.583. The van der Waals surface area contributed by atoms with Crippen molar-refractivity contribution < 1.29 is 14.7 Å². The standard InChI is InChI=1S/C12H19N3O3/c1-4-9(3)15(8-11(16)17)12(18)10-6-13-14(5-2)7-10/h6-7,9H,4-5,8H2,1-3H3,(H,16,17). The molecule has 0 bridgehead atoms. The van der Waals surface area contributed by atoms with Crippen LogP contribution in [0, 0.1) is 0 Å². The molecule has 1 rings (SSSR count). The Morgan fingerprint density at radius 2 is 2.17 bits per heavy atom. The van der Waals surface area contributed by atoms with Crippen LogP contribution in [0.1, 0.15) is 37.6 Å². The molecule has 1 atom stereocenters. The minimum atomic E-state index is -1.01. The van der Waals surface area contributed by atoms with Crippen LogP contribution in [-0.2, 0) is 11.3 Å². The summed E-state index contributed by atoms with van der Waals surface area (Å²) in [6, 6.07) is -0.112. The number of hydrogen-bond donors (Lipinski definition) is 1. The summed E-state index contributed by atoms with van der Waals surface area (Å²) in [6.45, 7) is 6.07. The third-order valence-corrected chi connectivity index (χ3v) is 2.89. The van der Waals surface area contributed by atoms with Crippen molar-refractivity contribution >= 4 is 11.9 Å². The third-order valence-electron chi connectivity index (χ3n) is 2.89. The SMILES string of the molecule is CCC(C)N(CC(=O)O)C(=O)c1cnn(CC)c1. The first-order valence-electron chi connectivity index (χ1n) is 6.04. The molecular weight excluding hydrogens is 234 g/mol. The molecule has 6 nitrogen and oxygen atoms in total. The molecule has 1 heterocycles. The number of nitrogens with zero attached hydrogens (tertiary/aromatic N) is 3. The molecule has 0 radical (unpaired) electrons. The lowest BCUT2D eigenvalue weighted by Gasteiger charge is -2.26. The van der Waals surface area contributed by atoms with Crippen LogP contribution in [0.15, 0.2) is 12.4 Å². The third kappa shape index (κ3) is 3.32. The highest BCUT2D eigenvalue weighted by atomic mass is 16.4. The second-order valence-corrected chi connectivity index (χ2v) is 4.17. The zero-order valence-electron chi connectivity index (χ0n) is 11.0. The van der Waals surface area contributed by atoms with Crippen molar-refractivity contribution in [1.29, 1.82) is 0 Å². The maximum absolute atomic E-state index is 12.2. The number of aryl methyl sites for hydroxylation is 1. The van der Waals surface area contributed by atoms with Crippen LogP contribution >= 0.6 is 0 Å². The molecule has 18 heavy (non-hydrogen) atoms. The second kappa shape index (κ2) is 6.18. The maximum Gasteiger partial charge on any atom is 0.323 e. The molecule has 0 fully saturated rings. The van der Waals surface area contributed by atoms with Gasteiger partial charge in [-0.05, 0) is 20.3 Å². The Hall–Kier alpha value is -1.85. The molecule has 0 aliphatic heterocycles. The van der Waals surface area contributed by atoms with Gasteiger partial charge in [-0.25, -0.2) is 0 Å². The van der Waals surface area contributed by atoms with E-state index in [9.17, 15) is 9.59 Å². The van der Waals surface area contributed by atoms with Crippen molar-refractivity contribution in [3.63, 3.8) is 0 Å². The Labute approximate surface area is 106 Å². The maximum atomic E-state index is 12.2. The molecule has 0 aliphatic carbocycles. The van der Waals surface area contributed by atoms with Crippen LogP contribution in [0.2, 0.25) is 0 Å². The van der Waals surface area contributed by atoms with Crippen LogP contribution in [0.25, 0.3) is 0 Å². The van der Waals surface area contributed by atoms with Gasteiger partial charge in [0.15, 0.2) is 0 Å². The van der Waals surface area contributed by atoms with Crippen molar-refractivity contribution in [2.24, 2.45) is 0 Å². The Morgan fingerprint density at radius 3 is 2.61 bits per heavy atom. The Balaban J connectivity index is 2.90. The molecule has 1 aromatic rings. The number of carboxylic acid groups (broad SMARTS) is 1. The normalized spacial score (nSPS) is 12.2. The van der Waals surface area contributed by atoms with Crippen molar-refractivity contribution in [3.05, 3.63) is 18.0 Å². The Morgan fingerprint density at radius 1 is 1.50 bits per heavy atom. The lowest BCUT2D eigenvalue weighted by molar-refractivity contribution is -0.138. The quantitative estimate of drug-likeness (QED) is 0.827. The zero-order valence-corrected chi connectivity index (χ0v) is 11.0. The molecule has 0 saturated carbocycles. The van der Waals surface area contributed by atoms with Gasteiger partial charge >= 0.3 is 5.97 Å². The van der Waals surface area contributed by atoms with Crippen molar-refractivity contribution in [2.45, 2.75) is 39.8 Å². The molecule has 1 amide bonds. The van der Waals surface area contributed by atoms with Crippen LogP contribution in [-0.4, -0.2) is 44.3 Å². The van der Waals surface area contributed by atoms with E-state index >= 15 is 0 Å². The first-order valence-corrected chi connectivity index (χ1v) is 6.04. The van der Waals surface area contributed by atoms with Crippen LogP contribution in [0.5, 0.6) is 0 Å². The average Bonchev–Trinajstić information content (AvgIpc) is 2.82. The van der Waals surface area contributed by atoms with E-state index in [1.54, 1.807) is 10.9 Å². The summed E-state index contributed by atoms with van der Waals surface area (Å²) in [5.74, 6) is -1.29. The smallest absolute Gasteiger partial charge is 0.323 e. The molecule has 0 saturated heterocycles. The summed E-state index contributed by atoms with van der Waals surface area (Å²) in [7, 11) is 0. The average molecular weight is 253 g/mol. The van der Waals surface area contributed by atoms with Crippen LogP contribution in [0.3, 0.4) is 0 Å². The van der Waals surface area contributed by atoms with E-state index < -0.39 is 5.97 Å². The fourth-order valence-corrected chi connectivity index (χ4v) is 1.61. The van der Waals surface area contributed by atoms with E-state index in [4.69, 9.17) is 5.11 Å². The zero-order chi connectivity index (χ0) is 13.7. The molecule has 0 aliphatic rings. The highest BCUT2D eigenvalue weighted by molar-refractivity contribution is 5.95. The van der Waals surface area contributed by atoms with Crippen LogP contribution < -0.4 is 0 Å². The second-order valence-electron chi connectivity index (χ2n) is 4.17. The van der Waals surface area contributed by atoms with Gasteiger partial charge in [-0.2, -0.15) is 5.10 Å². The van der Waals surface area contributed by atoms with E-state index in [-0.39, 0.29) is 18.5 Å². The van der Waals surface area contributed by atoms with Gasteiger partial charge in [0, 0.05) is 18.8 Å². The highest BCUT2D eigenvalue weighted by Gasteiger charge is 2.23. The summed E-state index contributed by atoms with van der Waals surface area (Å²) in [5.41, 5.74) is 0.429. The number of aliphatic carboxylic acids is 1. The fourth-order valence-electron chi connectivity index (χ4n) is 1.61. The number of carboxylic acids is 1. The monoisotopic (exact) mass is 253 g/mol. The van der Waals surface area contributed by atoms with Gasteiger partial charge in [0.05, 0.1) is 11.8 Å². The molecule has 1 N–H and O–H groups in total. The topological polar surface area (TPSA) is 75.4 Å². The van der Waals surface area contributed by atoms with Crippen molar-refractivity contribution in [1.82, 2.24) is 14.7 Å². The predicted octanol–water partition coefficient (Wildman–Crippen LogP) is 1.23. The molecule has 1 aromatic heterocycles. The van der Waals surface area contributed by atoms with Gasteiger partial charge in [0.2, 0.25) is 0 Å². The number of rotatable bonds is 6. The summed E-state index contributed by atoms with van der Waals surface area (Å²) < 4.78 is 1.64. The van der Waals surface area contributed by atoms with E-state index in [0.717, 1.165) is 0 Å². The molecule has 1 unspecified atom stereocenters. The molecular formula is C12H19N3O3. The summed E-state index contributed by atoms with van der Waals surface area (Å²) in [5, 5.41) is 12.9. The van der Waals surface area contributed by atoms with E-state index in [1.165, 1.54) is 11.1 Å². The number of amides is 1. The van der Waals surface area contributed by atoms with Crippen molar-refractivity contribution in [2.75, 3.05) is 6.54 Å². The number of carbonyl (C=O) groups is 2. The lowest BCUT2D eigenvalue weighted by Crippen LogP contribution is -2.41. The largest absolute Gasteiger partial charge is 0.480 e. The predicted molar refractivity (Wildman–Crippen MR) is 66.3 cm³/mol. The minimum absolute atomic E-state index is 0.112. The minimum Gasteiger partial charge on any atom is -0.480 e. The first-order chi connectivity index (χ1) is 8.49. The first kappa shape index (κ1) is 14.2. The molecule has 100 valence electrons.